The fourth-order valence-electron chi connectivity index (χ4n) is 2.18. The normalized spacial score (nSPS) is 12.1. The lowest BCUT2D eigenvalue weighted by Gasteiger charge is -2.19. The number of hydrogen-bond donors (Lipinski definition) is 1. The predicted molar refractivity (Wildman–Crippen MR) is 82.2 cm³/mol. The second-order valence-corrected chi connectivity index (χ2v) is 4.91. The molecule has 1 unspecified atom stereocenters. The van der Waals surface area contributed by atoms with Gasteiger partial charge in [-0.25, -0.2) is 0 Å². The van der Waals surface area contributed by atoms with Crippen molar-refractivity contribution in [2.24, 2.45) is 0 Å². The quantitative estimate of drug-likeness (QED) is 0.691. The zero-order valence-corrected chi connectivity index (χ0v) is 11.9. The number of nitrogens with two attached hydrogens (primary N) is 1. The maximum atomic E-state index is 12.3. The average molecular weight is 287 g/mol. The first kappa shape index (κ1) is 14.8. The minimum absolute atomic E-state index is 0.00816. The number of nitrogens with zero attached hydrogens (tertiary/aromatic N) is 2. The molecule has 0 aliphatic heterocycles. The molecule has 0 bridgehead atoms. The van der Waals surface area contributed by atoms with E-state index in [4.69, 9.17) is 5.73 Å². The highest BCUT2D eigenvalue weighted by Crippen LogP contribution is 2.25. The van der Waals surface area contributed by atoms with Crippen molar-refractivity contribution in [1.82, 2.24) is 4.57 Å². The van der Waals surface area contributed by atoms with Crippen molar-refractivity contribution in [3.8, 4) is 11.3 Å². The molecule has 6 heteroatoms. The van der Waals surface area contributed by atoms with Crippen LogP contribution in [0.1, 0.15) is 26.3 Å². The monoisotopic (exact) mass is 287 g/mol. The Morgan fingerprint density at radius 2 is 1.86 bits per heavy atom. The lowest BCUT2D eigenvalue weighted by Crippen LogP contribution is -2.26. The lowest BCUT2D eigenvalue weighted by molar-refractivity contribution is -0.384. The summed E-state index contributed by atoms with van der Waals surface area (Å²) < 4.78 is 1.64. The zero-order chi connectivity index (χ0) is 15.6. The Labute approximate surface area is 122 Å². The molecule has 0 aliphatic carbocycles. The number of benzene rings is 1. The van der Waals surface area contributed by atoms with Crippen molar-refractivity contribution in [3.63, 3.8) is 0 Å². The topological polar surface area (TPSA) is 91.2 Å². The zero-order valence-electron chi connectivity index (χ0n) is 11.9. The van der Waals surface area contributed by atoms with Crippen LogP contribution in [0.15, 0.2) is 41.2 Å². The number of non-ortho nitro benzene ring substituents is 1. The summed E-state index contributed by atoms with van der Waals surface area (Å²) in [5.41, 5.74) is 7.14. The number of anilines is 1. The molecule has 6 nitrogen and oxygen atoms in total. The van der Waals surface area contributed by atoms with Crippen molar-refractivity contribution in [2.75, 3.05) is 5.73 Å². The molecule has 1 aromatic carbocycles. The molecule has 1 heterocycles. The fourth-order valence-corrected chi connectivity index (χ4v) is 2.18. The van der Waals surface area contributed by atoms with Gasteiger partial charge in [0.25, 0.3) is 11.2 Å². The molecular formula is C15H17N3O3. The number of hydrogen-bond acceptors (Lipinski definition) is 4. The Balaban J connectivity index is 2.60. The predicted octanol–water partition coefficient (Wildman–Crippen LogP) is 2.98. The third-order valence-electron chi connectivity index (χ3n) is 3.55. The Hall–Kier alpha value is -2.63. The van der Waals surface area contributed by atoms with Crippen LogP contribution in [0.3, 0.4) is 0 Å². The summed E-state index contributed by atoms with van der Waals surface area (Å²) in [5, 5.41) is 10.7. The van der Waals surface area contributed by atoms with Crippen molar-refractivity contribution in [2.45, 2.75) is 26.3 Å². The van der Waals surface area contributed by atoms with Crippen LogP contribution in [0, 0.1) is 10.1 Å². The fraction of sp³-hybridized carbons (Fsp3) is 0.267. The second kappa shape index (κ2) is 5.78. The molecule has 0 fully saturated rings. The third-order valence-corrected chi connectivity index (χ3v) is 3.55. The first-order chi connectivity index (χ1) is 9.95. The molecule has 0 radical (unpaired) electrons. The van der Waals surface area contributed by atoms with E-state index < -0.39 is 4.92 Å². The number of nitro benzene ring substituents is 1. The summed E-state index contributed by atoms with van der Waals surface area (Å²) in [6, 6.07) is 9.46. The van der Waals surface area contributed by atoms with Crippen molar-refractivity contribution >= 4 is 11.4 Å². The molecule has 2 N–H and O–H groups in total. The summed E-state index contributed by atoms with van der Waals surface area (Å²) in [4.78, 5) is 22.5. The smallest absolute Gasteiger partial charge is 0.274 e. The van der Waals surface area contributed by atoms with Gasteiger partial charge < -0.3 is 10.3 Å². The highest BCUT2D eigenvalue weighted by molar-refractivity contribution is 5.63. The van der Waals surface area contributed by atoms with Gasteiger partial charge in [-0.3, -0.25) is 14.9 Å². The van der Waals surface area contributed by atoms with Gasteiger partial charge in [-0.05, 0) is 43.2 Å². The first-order valence-corrected chi connectivity index (χ1v) is 6.71. The molecule has 2 aromatic rings. The van der Waals surface area contributed by atoms with Crippen LogP contribution in [0.2, 0.25) is 0 Å². The summed E-state index contributed by atoms with van der Waals surface area (Å²) in [6.07, 6.45) is 0.781. The maximum absolute atomic E-state index is 12.3. The Kier molecular flexibility index (Phi) is 4.07. The van der Waals surface area contributed by atoms with Crippen molar-refractivity contribution < 1.29 is 4.92 Å². The van der Waals surface area contributed by atoms with Crippen LogP contribution in [0.4, 0.5) is 11.4 Å². The van der Waals surface area contributed by atoms with Crippen LogP contribution < -0.4 is 11.3 Å². The molecule has 0 spiro atoms. The molecule has 0 aliphatic rings. The number of nitrogen functional groups attached to an aromatic ring is 1. The molecule has 21 heavy (non-hydrogen) atoms. The van der Waals surface area contributed by atoms with Gasteiger partial charge in [0.2, 0.25) is 0 Å². The van der Waals surface area contributed by atoms with E-state index in [9.17, 15) is 14.9 Å². The van der Waals surface area contributed by atoms with E-state index in [0.29, 0.717) is 5.69 Å². The minimum Gasteiger partial charge on any atom is -0.394 e. The van der Waals surface area contributed by atoms with E-state index in [1.54, 1.807) is 28.8 Å². The van der Waals surface area contributed by atoms with Gasteiger partial charge in [-0.1, -0.05) is 6.92 Å². The third kappa shape index (κ3) is 2.79. The number of pyridine rings is 1. The number of aromatic nitrogens is 1. The van der Waals surface area contributed by atoms with Crippen LogP contribution in [0.25, 0.3) is 11.3 Å². The molecule has 0 amide bonds. The van der Waals surface area contributed by atoms with E-state index in [1.807, 2.05) is 13.8 Å². The van der Waals surface area contributed by atoms with E-state index in [1.165, 1.54) is 12.1 Å². The summed E-state index contributed by atoms with van der Waals surface area (Å²) >= 11 is 0. The molecular weight excluding hydrogens is 270 g/mol. The van der Waals surface area contributed by atoms with Crippen LogP contribution in [-0.4, -0.2) is 9.49 Å². The van der Waals surface area contributed by atoms with E-state index in [-0.39, 0.29) is 23.0 Å². The van der Waals surface area contributed by atoms with Gasteiger partial charge in [-0.15, -0.1) is 0 Å². The number of rotatable bonds is 4. The largest absolute Gasteiger partial charge is 0.394 e. The Morgan fingerprint density at radius 1 is 1.24 bits per heavy atom. The molecule has 0 saturated heterocycles. The summed E-state index contributed by atoms with van der Waals surface area (Å²) in [6.45, 7) is 3.93. The standard InChI is InChI=1S/C15H17N3O3/c1-3-10(2)17-14(9-8-13(16)15(17)19)11-4-6-12(7-5-11)18(20)21/h4-10H,3,16H2,1-2H3. The summed E-state index contributed by atoms with van der Waals surface area (Å²) in [7, 11) is 0. The van der Waals surface area contributed by atoms with Gasteiger partial charge in [0.15, 0.2) is 0 Å². The molecule has 2 rings (SSSR count). The Morgan fingerprint density at radius 3 is 2.38 bits per heavy atom. The van der Waals surface area contributed by atoms with Crippen LogP contribution in [0.5, 0.6) is 0 Å². The molecule has 110 valence electrons. The Bertz CT molecular complexity index is 720. The average Bonchev–Trinajstić information content (AvgIpc) is 2.49. The maximum Gasteiger partial charge on any atom is 0.274 e. The SMILES string of the molecule is CCC(C)n1c(-c2ccc([N+](=O)[O-])cc2)ccc(N)c1=O. The van der Waals surface area contributed by atoms with Crippen LogP contribution >= 0.6 is 0 Å². The van der Waals surface area contributed by atoms with Crippen molar-refractivity contribution in [3.05, 3.63) is 56.9 Å². The number of nitro groups is 1. The van der Waals surface area contributed by atoms with Gasteiger partial charge in [0.05, 0.1) is 16.3 Å². The second-order valence-electron chi connectivity index (χ2n) is 4.91. The molecule has 0 saturated carbocycles. The highest BCUT2D eigenvalue weighted by Gasteiger charge is 2.14. The molecule has 1 aromatic heterocycles. The molecule has 1 atom stereocenters. The van der Waals surface area contributed by atoms with Gasteiger partial charge >= 0.3 is 0 Å². The lowest BCUT2D eigenvalue weighted by atomic mass is 10.1. The van der Waals surface area contributed by atoms with Gasteiger partial charge in [-0.2, -0.15) is 0 Å². The first-order valence-electron chi connectivity index (χ1n) is 6.71. The minimum atomic E-state index is -0.450. The summed E-state index contributed by atoms with van der Waals surface area (Å²) in [5.74, 6) is 0. The van der Waals surface area contributed by atoms with E-state index >= 15 is 0 Å². The highest BCUT2D eigenvalue weighted by atomic mass is 16.6. The van der Waals surface area contributed by atoms with Gasteiger partial charge in [0, 0.05) is 18.2 Å². The van der Waals surface area contributed by atoms with Gasteiger partial charge in [0.1, 0.15) is 0 Å². The van der Waals surface area contributed by atoms with Crippen molar-refractivity contribution in [1.29, 1.82) is 0 Å². The van der Waals surface area contributed by atoms with E-state index in [2.05, 4.69) is 0 Å². The van der Waals surface area contributed by atoms with E-state index in [0.717, 1.165) is 12.0 Å². The van der Waals surface area contributed by atoms with Crippen LogP contribution in [-0.2, 0) is 0 Å².